The number of carboxylic acids is 2. The standard InChI is InChI=1S/C73H119ClN12O31/c1-10-12-13-14-15-16-17-18-19-20-21-22-23-26-44(88)33-52(90)78-50-36-111-70(107)55(51(89)35-74)85-58(94)45(11-2)79-64(100)54(43(9)87)84-61(97)48(29-32-77-73(110)117-39-114-69(106)42(7)8)81-59(95)46(27-24-25-30-75-71(108)115-37-112-67(104)40(3)4)80-62(98)49(34-53(91)92)83-60(96)47(28-31-76-72(109)116-38-113-68(105)41(5)6)82-65(101)56(86-63(50)99)57(93)66(102)103/h11,40-44,46-51,54-57,87-89,93H,10,12-39H2,1-9H3,(H,75,108)(H,76,109)(H,77,110)(H,78,90)(H,79,100)(H,80,98)(H,81,95)(H,82,101)(H,83,96)(H,84,97)(H,85,94)(H,86,99)(H,91,92)(H,102,103)/b45-11+/t43-,44+,46?,47+,48-,49?,50?,51+,54?,55?,56?,57-/m0/s1. The van der Waals surface area contributed by atoms with E-state index in [0.29, 0.717) is 12.8 Å². The first-order valence-electron chi connectivity index (χ1n) is 38.8. The molecule has 18 N–H and O–H groups in total. The number of carbonyl (C=O) groups is 18. The molecule has 12 amide bonds. The van der Waals surface area contributed by atoms with Crippen molar-refractivity contribution in [2.75, 3.05) is 52.5 Å². The Balaban J connectivity index is 4.32. The van der Waals surface area contributed by atoms with E-state index in [9.17, 15) is 117 Å². The molecule has 1 aliphatic heterocycles. The highest BCUT2D eigenvalue weighted by Crippen LogP contribution is 2.16. The van der Waals surface area contributed by atoms with Crippen molar-refractivity contribution in [1.29, 1.82) is 0 Å². The van der Waals surface area contributed by atoms with E-state index in [2.05, 4.69) is 60.1 Å². The molecule has 0 radical (unpaired) electrons. The lowest BCUT2D eigenvalue weighted by molar-refractivity contribution is -0.156. The van der Waals surface area contributed by atoms with Gasteiger partial charge in [-0.05, 0) is 52.4 Å². The minimum absolute atomic E-state index is 0.0637. The van der Waals surface area contributed by atoms with Crippen LogP contribution in [0.5, 0.6) is 0 Å². The van der Waals surface area contributed by atoms with Gasteiger partial charge in [-0.15, -0.1) is 11.6 Å². The molecule has 664 valence electrons. The zero-order chi connectivity index (χ0) is 88.3. The molecule has 12 atom stereocenters. The summed E-state index contributed by atoms with van der Waals surface area (Å²) in [5.41, 5.74) is -0.792. The number of hydrogen-bond donors (Lipinski definition) is 18. The maximum Gasteiger partial charge on any atom is 0.410 e. The van der Waals surface area contributed by atoms with Gasteiger partial charge in [-0.2, -0.15) is 0 Å². The second-order valence-corrected chi connectivity index (χ2v) is 28.5. The fraction of sp³-hybridized carbons (Fsp3) is 0.726. The summed E-state index contributed by atoms with van der Waals surface area (Å²) >= 11 is 5.97. The van der Waals surface area contributed by atoms with Crippen molar-refractivity contribution >= 4 is 119 Å². The summed E-state index contributed by atoms with van der Waals surface area (Å²) in [6, 6.07) is -18.1. The van der Waals surface area contributed by atoms with E-state index in [1.807, 2.05) is 10.6 Å². The molecule has 0 aliphatic carbocycles. The highest BCUT2D eigenvalue weighted by Gasteiger charge is 2.41. The lowest BCUT2D eigenvalue weighted by Gasteiger charge is -2.29. The summed E-state index contributed by atoms with van der Waals surface area (Å²) < 4.78 is 34.4. The van der Waals surface area contributed by atoms with Crippen LogP contribution in [0.15, 0.2) is 11.8 Å². The minimum atomic E-state index is -3.04. The van der Waals surface area contributed by atoms with Crippen LogP contribution >= 0.6 is 11.6 Å². The number of aliphatic hydroxyl groups is 4. The molecule has 0 aromatic heterocycles. The van der Waals surface area contributed by atoms with Gasteiger partial charge in [0.15, 0.2) is 12.1 Å². The Kier molecular flexibility index (Phi) is 52.4. The third-order valence-electron chi connectivity index (χ3n) is 17.3. The predicted octanol–water partition coefficient (Wildman–Crippen LogP) is -0.826. The van der Waals surface area contributed by atoms with Crippen molar-refractivity contribution in [2.24, 2.45) is 17.8 Å². The van der Waals surface area contributed by atoms with Crippen LogP contribution in [0.2, 0.25) is 0 Å². The van der Waals surface area contributed by atoms with Gasteiger partial charge in [0.1, 0.15) is 54.6 Å². The van der Waals surface area contributed by atoms with Crippen molar-refractivity contribution in [3.05, 3.63) is 11.8 Å². The van der Waals surface area contributed by atoms with E-state index in [-0.39, 0.29) is 25.8 Å². The number of alkyl carbamates (subject to hydrolysis) is 3. The molecule has 1 heterocycles. The van der Waals surface area contributed by atoms with Crippen molar-refractivity contribution in [3.8, 4) is 0 Å². The van der Waals surface area contributed by atoms with Crippen molar-refractivity contribution in [2.45, 2.75) is 270 Å². The van der Waals surface area contributed by atoms with Gasteiger partial charge in [-0.25, -0.2) is 24.0 Å². The summed E-state index contributed by atoms with van der Waals surface area (Å²) in [4.78, 5) is 243. The lowest BCUT2D eigenvalue weighted by atomic mass is 10.0. The molecule has 1 fully saturated rings. The second-order valence-electron chi connectivity index (χ2n) is 28.2. The number of nitrogens with one attached hydrogen (secondary N) is 12. The van der Waals surface area contributed by atoms with Gasteiger partial charge >= 0.3 is 54.1 Å². The van der Waals surface area contributed by atoms with Gasteiger partial charge in [0, 0.05) is 19.6 Å². The topological polar surface area (TPSA) is 638 Å². The van der Waals surface area contributed by atoms with Crippen LogP contribution in [0.3, 0.4) is 0 Å². The van der Waals surface area contributed by atoms with Crippen LogP contribution in [0.1, 0.15) is 197 Å². The molecular formula is C73H119ClN12O31. The third kappa shape index (κ3) is 44.6. The molecule has 43 nitrogen and oxygen atoms in total. The Labute approximate surface area is 682 Å². The molecule has 117 heavy (non-hydrogen) atoms. The van der Waals surface area contributed by atoms with Gasteiger partial charge < -0.3 is 128 Å². The summed E-state index contributed by atoms with van der Waals surface area (Å²) in [5.74, 6) is -24.2. The number of unbranched alkanes of at least 4 members (excludes halogenated alkanes) is 13. The number of cyclic esters (lactones) is 1. The Morgan fingerprint density at radius 3 is 1.34 bits per heavy atom. The first-order chi connectivity index (χ1) is 55.3. The van der Waals surface area contributed by atoms with Gasteiger partial charge in [0.2, 0.25) is 67.6 Å². The number of hydrogen-bond acceptors (Lipinski definition) is 29. The molecule has 6 unspecified atom stereocenters. The number of halogens is 1. The van der Waals surface area contributed by atoms with Gasteiger partial charge in [-0.1, -0.05) is 138 Å². The van der Waals surface area contributed by atoms with E-state index in [0.717, 1.165) is 64.9 Å². The SMILES string of the molecule is C/C=C1/NC(=O)C([C@H](C)O)NC(=O)[C@H](CCNC(=O)OCOC(=O)C(C)C)NC(=O)C(CCCCNC(=O)OCOC(=O)C(C)C)NC(=O)C(CC(=O)O)NC(=O)[C@@H](CCNC(=O)OCOC(=O)C(C)C)NC(=O)C([C@H](O)C(=O)O)NC(=O)C(NC(=O)C[C@H](O)CCCCCCCCCCCCCCC)COC(=O)C([C@H](O)CCl)NC1=O. The molecule has 44 heteroatoms. The number of carbonyl (C=O) groups excluding carboxylic acids is 16. The highest BCUT2D eigenvalue weighted by atomic mass is 35.5. The summed E-state index contributed by atoms with van der Waals surface area (Å²) in [7, 11) is 0. The quantitative estimate of drug-likeness (QED) is 0.00884. The maximum absolute atomic E-state index is 14.8. The van der Waals surface area contributed by atoms with Gasteiger partial charge in [0.25, 0.3) is 5.91 Å². The monoisotopic (exact) mass is 1690 g/mol. The van der Waals surface area contributed by atoms with Crippen LogP contribution in [0.25, 0.3) is 0 Å². The normalized spacial score (nSPS) is 20.5. The average Bonchev–Trinajstić information content (AvgIpc) is 0.844. The number of aliphatic hydroxyl groups excluding tert-OH is 4. The molecule has 0 aromatic rings. The molecule has 0 spiro atoms. The first-order valence-corrected chi connectivity index (χ1v) is 39.3. The van der Waals surface area contributed by atoms with Crippen LogP contribution < -0.4 is 63.8 Å². The van der Waals surface area contributed by atoms with Crippen molar-refractivity contribution < 1.29 is 150 Å². The average molecular weight is 1700 g/mol. The molecule has 1 saturated heterocycles. The number of ether oxygens (including phenoxy) is 7. The van der Waals surface area contributed by atoms with E-state index in [1.54, 1.807) is 0 Å². The number of esters is 4. The first kappa shape index (κ1) is 105. The summed E-state index contributed by atoms with van der Waals surface area (Å²) in [6.07, 6.45) is -2.68. The smallest absolute Gasteiger partial charge is 0.410 e. The minimum Gasteiger partial charge on any atom is -0.481 e. The fourth-order valence-corrected chi connectivity index (χ4v) is 10.7. The van der Waals surface area contributed by atoms with Crippen LogP contribution in [-0.2, 0) is 105 Å². The zero-order valence-electron chi connectivity index (χ0n) is 67.5. The Morgan fingerprint density at radius 2 is 0.906 bits per heavy atom. The fourth-order valence-electron chi connectivity index (χ4n) is 10.5. The number of rotatable bonds is 44. The van der Waals surface area contributed by atoms with E-state index in [4.69, 9.17) is 44.8 Å². The Hall–Kier alpha value is -10.3. The van der Waals surface area contributed by atoms with Crippen LogP contribution in [0.4, 0.5) is 14.4 Å². The number of aliphatic carboxylic acids is 2. The predicted molar refractivity (Wildman–Crippen MR) is 407 cm³/mol. The Bertz CT molecular complexity index is 3290. The molecule has 0 saturated carbocycles. The number of carboxylic acid groups (broad SMARTS) is 2. The highest BCUT2D eigenvalue weighted by molar-refractivity contribution is 6.18. The van der Waals surface area contributed by atoms with E-state index < -0.39 is 282 Å². The van der Waals surface area contributed by atoms with Crippen molar-refractivity contribution in [1.82, 2.24) is 63.8 Å². The zero-order valence-corrected chi connectivity index (χ0v) is 68.3. The van der Waals surface area contributed by atoms with E-state index >= 15 is 0 Å². The molecule has 0 aromatic carbocycles. The number of allylic oxidation sites excluding steroid dienone is 1. The van der Waals surface area contributed by atoms with Gasteiger partial charge in [-0.3, -0.25) is 62.3 Å². The van der Waals surface area contributed by atoms with Gasteiger partial charge in [0.05, 0.1) is 54.8 Å². The third-order valence-corrected chi connectivity index (χ3v) is 17.6. The van der Waals surface area contributed by atoms with E-state index in [1.165, 1.54) is 67.2 Å². The number of amides is 12. The maximum atomic E-state index is 14.8. The largest absolute Gasteiger partial charge is 0.481 e. The Morgan fingerprint density at radius 1 is 0.487 bits per heavy atom. The summed E-state index contributed by atoms with van der Waals surface area (Å²) in [5, 5.41) is 90.5. The molecule has 0 bridgehead atoms. The van der Waals surface area contributed by atoms with Crippen LogP contribution in [0, 0.1) is 17.8 Å². The number of alkyl halides is 1. The second kappa shape index (κ2) is 58.6. The summed E-state index contributed by atoms with van der Waals surface area (Å²) in [6.45, 7) is 7.48. The molecule has 1 rings (SSSR count). The molecule has 1 aliphatic rings. The molecular weight excluding hydrogens is 1580 g/mol. The van der Waals surface area contributed by atoms with Crippen molar-refractivity contribution in [3.63, 3.8) is 0 Å². The lowest BCUT2D eigenvalue weighted by Crippen LogP contribution is -2.63. The van der Waals surface area contributed by atoms with Crippen LogP contribution in [-0.4, -0.2) is 263 Å².